The Bertz CT molecular complexity index is 1060. The molecule has 146 valence electrons. The second kappa shape index (κ2) is 8.24. The molecule has 0 radical (unpaired) electrons. The number of amides is 2. The third-order valence-electron chi connectivity index (χ3n) is 4.15. The number of urea groups is 1. The molecule has 8 nitrogen and oxygen atoms in total. The molecule has 1 aromatic heterocycles. The van der Waals surface area contributed by atoms with Crippen molar-refractivity contribution in [3.63, 3.8) is 0 Å². The number of hydrogen-bond donors (Lipinski definition) is 3. The van der Waals surface area contributed by atoms with Crippen LogP contribution in [0.1, 0.15) is 12.1 Å². The maximum Gasteiger partial charge on any atom is 0.312 e. The molecule has 0 fully saturated rings. The molecule has 0 aliphatic heterocycles. The number of nitrogens with zero attached hydrogens (tertiary/aromatic N) is 2. The van der Waals surface area contributed by atoms with Crippen LogP contribution < -0.4 is 16.2 Å². The molecule has 3 aromatic rings. The summed E-state index contributed by atoms with van der Waals surface area (Å²) in [7, 11) is -3.76. The number of benzene rings is 2. The Morgan fingerprint density at radius 2 is 1.75 bits per heavy atom. The maximum absolute atomic E-state index is 11.5. The molecule has 0 spiro atoms. The van der Waals surface area contributed by atoms with E-state index in [1.54, 1.807) is 16.8 Å². The number of nitrogens with two attached hydrogens (primary N) is 2. The van der Waals surface area contributed by atoms with Crippen molar-refractivity contribution in [1.29, 1.82) is 0 Å². The Hall–Kier alpha value is -3.17. The third kappa shape index (κ3) is 4.76. The summed E-state index contributed by atoms with van der Waals surface area (Å²) in [5.74, 6) is 0. The summed E-state index contributed by atoms with van der Waals surface area (Å²) >= 11 is 0. The number of hydrogen-bond acceptors (Lipinski definition) is 4. The molecule has 9 heteroatoms. The van der Waals surface area contributed by atoms with E-state index in [0.29, 0.717) is 25.1 Å². The van der Waals surface area contributed by atoms with Crippen molar-refractivity contribution in [3.05, 3.63) is 66.4 Å². The first-order valence-electron chi connectivity index (χ1n) is 8.65. The molecular weight excluding hydrogens is 378 g/mol. The summed E-state index contributed by atoms with van der Waals surface area (Å²) in [6.45, 7) is 0.464. The van der Waals surface area contributed by atoms with Gasteiger partial charge in [0.2, 0.25) is 10.0 Å². The Morgan fingerprint density at radius 3 is 2.36 bits per heavy atom. The van der Waals surface area contributed by atoms with Gasteiger partial charge in [-0.1, -0.05) is 30.3 Å². The smallest absolute Gasteiger partial charge is 0.312 e. The van der Waals surface area contributed by atoms with E-state index in [1.807, 2.05) is 36.4 Å². The fourth-order valence-corrected chi connectivity index (χ4v) is 3.34. The third-order valence-corrected chi connectivity index (χ3v) is 5.08. The molecule has 0 saturated carbocycles. The van der Waals surface area contributed by atoms with E-state index in [1.165, 1.54) is 12.1 Å². The number of aryl methyl sites for hydroxylation is 1. The molecule has 5 N–H and O–H groups in total. The lowest BCUT2D eigenvalue weighted by Crippen LogP contribution is -2.30. The number of sulfonamides is 1. The zero-order valence-corrected chi connectivity index (χ0v) is 15.9. The van der Waals surface area contributed by atoms with Crippen molar-refractivity contribution >= 4 is 16.1 Å². The number of primary amides is 1. The molecular formula is C19H21N5O3S. The second-order valence-electron chi connectivity index (χ2n) is 6.23. The van der Waals surface area contributed by atoms with Crippen LogP contribution in [0.2, 0.25) is 0 Å². The average molecular weight is 399 g/mol. The quantitative estimate of drug-likeness (QED) is 0.522. The van der Waals surface area contributed by atoms with Crippen molar-refractivity contribution < 1.29 is 13.2 Å². The zero-order chi connectivity index (χ0) is 20.1. The molecule has 0 saturated heterocycles. The fourth-order valence-electron chi connectivity index (χ4n) is 2.82. The van der Waals surface area contributed by atoms with Gasteiger partial charge in [-0.15, -0.1) is 0 Å². The summed E-state index contributed by atoms with van der Waals surface area (Å²) in [5, 5.41) is 12.4. The number of aromatic nitrogens is 2. The number of nitrogens with one attached hydrogen (secondary N) is 1. The van der Waals surface area contributed by atoms with Crippen molar-refractivity contribution in [1.82, 2.24) is 15.1 Å². The number of carbonyl (C=O) groups is 1. The molecule has 1 heterocycles. The summed E-state index contributed by atoms with van der Waals surface area (Å²) in [6.07, 6.45) is 1.35. The minimum absolute atomic E-state index is 0.0439. The van der Waals surface area contributed by atoms with Gasteiger partial charge in [-0.25, -0.2) is 23.0 Å². The Kier molecular flexibility index (Phi) is 5.76. The lowest BCUT2D eigenvalue weighted by Gasteiger charge is -2.08. The Morgan fingerprint density at radius 1 is 1.07 bits per heavy atom. The highest BCUT2D eigenvalue weighted by molar-refractivity contribution is 7.89. The minimum atomic E-state index is -3.76. The van der Waals surface area contributed by atoms with E-state index in [0.717, 1.165) is 17.0 Å². The average Bonchev–Trinajstić information content (AvgIpc) is 3.09. The fraction of sp³-hybridized carbons (Fsp3) is 0.158. The highest BCUT2D eigenvalue weighted by Crippen LogP contribution is 2.25. The van der Waals surface area contributed by atoms with Crippen LogP contribution in [-0.4, -0.2) is 30.8 Å². The lowest BCUT2D eigenvalue weighted by molar-refractivity contribution is 0.249. The van der Waals surface area contributed by atoms with Gasteiger partial charge in [0.15, 0.2) is 0 Å². The van der Waals surface area contributed by atoms with Gasteiger partial charge >= 0.3 is 6.03 Å². The van der Waals surface area contributed by atoms with Gasteiger partial charge in [0.25, 0.3) is 0 Å². The summed E-state index contributed by atoms with van der Waals surface area (Å²) in [4.78, 5) is 10.8. The molecule has 2 amide bonds. The van der Waals surface area contributed by atoms with Crippen LogP contribution in [0.5, 0.6) is 0 Å². The van der Waals surface area contributed by atoms with Crippen molar-refractivity contribution in [3.8, 4) is 16.9 Å². The monoisotopic (exact) mass is 399 g/mol. The van der Waals surface area contributed by atoms with Gasteiger partial charge in [-0.2, -0.15) is 5.10 Å². The maximum atomic E-state index is 11.5. The molecule has 0 atom stereocenters. The van der Waals surface area contributed by atoms with Gasteiger partial charge in [-0.05, 0) is 43.2 Å². The highest BCUT2D eigenvalue weighted by Gasteiger charge is 2.13. The van der Waals surface area contributed by atoms with E-state index >= 15 is 0 Å². The van der Waals surface area contributed by atoms with E-state index in [-0.39, 0.29) is 4.90 Å². The summed E-state index contributed by atoms with van der Waals surface area (Å²) in [5.41, 5.74) is 8.49. The molecule has 0 aliphatic rings. The van der Waals surface area contributed by atoms with Crippen LogP contribution in [0.4, 0.5) is 4.79 Å². The van der Waals surface area contributed by atoms with Crippen LogP contribution in [0.3, 0.4) is 0 Å². The summed E-state index contributed by atoms with van der Waals surface area (Å²) < 4.78 is 24.7. The molecule has 0 unspecified atom stereocenters. The van der Waals surface area contributed by atoms with Gasteiger partial charge in [0.05, 0.1) is 22.0 Å². The van der Waals surface area contributed by atoms with Gasteiger partial charge < -0.3 is 11.1 Å². The van der Waals surface area contributed by atoms with Crippen molar-refractivity contribution in [2.24, 2.45) is 10.9 Å². The van der Waals surface area contributed by atoms with Crippen LogP contribution in [0.25, 0.3) is 16.9 Å². The molecule has 28 heavy (non-hydrogen) atoms. The Balaban J connectivity index is 1.93. The number of rotatable bonds is 7. The first kappa shape index (κ1) is 19.6. The highest BCUT2D eigenvalue weighted by atomic mass is 32.2. The molecule has 0 bridgehead atoms. The standard InChI is InChI=1S/C19H21N5O3S/c20-19(25)22-12-4-7-15-13-18(14-5-2-1-3-6-14)24(23-15)16-8-10-17(11-9-16)28(21,26)27/h1-3,5-6,8-11,13H,4,7,12H2,(H3,20,22,25)(H2,21,26,27). The number of primary sulfonamides is 1. The van der Waals surface area contributed by atoms with E-state index < -0.39 is 16.1 Å². The van der Waals surface area contributed by atoms with Gasteiger partial charge in [0.1, 0.15) is 0 Å². The predicted octanol–water partition coefficient (Wildman–Crippen LogP) is 1.79. The van der Waals surface area contributed by atoms with Crippen LogP contribution in [0, 0.1) is 0 Å². The minimum Gasteiger partial charge on any atom is -0.352 e. The van der Waals surface area contributed by atoms with E-state index in [2.05, 4.69) is 10.4 Å². The van der Waals surface area contributed by atoms with Crippen LogP contribution in [0.15, 0.2) is 65.6 Å². The first-order chi connectivity index (χ1) is 13.3. The second-order valence-corrected chi connectivity index (χ2v) is 7.79. The van der Waals surface area contributed by atoms with Crippen molar-refractivity contribution in [2.45, 2.75) is 17.7 Å². The zero-order valence-electron chi connectivity index (χ0n) is 15.1. The van der Waals surface area contributed by atoms with Crippen molar-refractivity contribution in [2.75, 3.05) is 6.54 Å². The predicted molar refractivity (Wildman–Crippen MR) is 106 cm³/mol. The van der Waals surface area contributed by atoms with E-state index in [9.17, 15) is 13.2 Å². The topological polar surface area (TPSA) is 133 Å². The van der Waals surface area contributed by atoms with Crippen LogP contribution in [-0.2, 0) is 16.4 Å². The normalized spacial score (nSPS) is 11.3. The SMILES string of the molecule is NC(=O)NCCCc1cc(-c2ccccc2)n(-c2ccc(S(N)(=O)=O)cc2)n1. The lowest BCUT2D eigenvalue weighted by atomic mass is 10.1. The van der Waals surface area contributed by atoms with Gasteiger partial charge in [-0.3, -0.25) is 0 Å². The Labute approximate surface area is 163 Å². The molecule has 2 aromatic carbocycles. The molecule has 3 rings (SSSR count). The number of carbonyl (C=O) groups excluding carboxylic acids is 1. The largest absolute Gasteiger partial charge is 0.352 e. The van der Waals surface area contributed by atoms with Crippen LogP contribution >= 0.6 is 0 Å². The molecule has 0 aliphatic carbocycles. The first-order valence-corrected chi connectivity index (χ1v) is 10.2. The van der Waals surface area contributed by atoms with E-state index in [4.69, 9.17) is 10.9 Å². The summed E-state index contributed by atoms with van der Waals surface area (Å²) in [6, 6.07) is 17.4. The van der Waals surface area contributed by atoms with Gasteiger partial charge in [0, 0.05) is 12.1 Å².